The highest BCUT2D eigenvalue weighted by molar-refractivity contribution is 6.32. The highest BCUT2D eigenvalue weighted by atomic mass is 35.5. The van der Waals surface area contributed by atoms with Crippen molar-refractivity contribution in [2.75, 3.05) is 26.3 Å². The lowest BCUT2D eigenvalue weighted by molar-refractivity contribution is -0.132. The molecule has 30 heavy (non-hydrogen) atoms. The summed E-state index contributed by atoms with van der Waals surface area (Å²) in [5.41, 5.74) is 3.32. The van der Waals surface area contributed by atoms with Crippen molar-refractivity contribution in [3.05, 3.63) is 58.1 Å². The molecule has 4 rings (SSSR count). The van der Waals surface area contributed by atoms with Gasteiger partial charge in [0.05, 0.1) is 11.4 Å². The van der Waals surface area contributed by atoms with Gasteiger partial charge in [0.15, 0.2) is 11.5 Å². The Morgan fingerprint density at radius 1 is 1.10 bits per heavy atom. The van der Waals surface area contributed by atoms with Gasteiger partial charge in [-0.2, -0.15) is 0 Å². The molecule has 2 aliphatic rings. The first-order chi connectivity index (χ1) is 14.6. The molecule has 2 aromatic rings. The molecule has 0 bridgehead atoms. The predicted octanol–water partition coefficient (Wildman–Crippen LogP) is 3.14. The van der Waals surface area contributed by atoms with Crippen molar-refractivity contribution < 1.29 is 19.1 Å². The number of amides is 2. The zero-order valence-electron chi connectivity index (χ0n) is 16.8. The maximum Gasteiger partial charge on any atom is 0.224 e. The lowest BCUT2D eigenvalue weighted by Gasteiger charge is -2.29. The van der Waals surface area contributed by atoms with Crippen LogP contribution in [0.4, 0.5) is 0 Å². The molecule has 0 radical (unpaired) electrons. The molecule has 2 heterocycles. The van der Waals surface area contributed by atoms with E-state index in [0.717, 1.165) is 18.5 Å². The number of nitrogens with zero attached hydrogens (tertiary/aromatic N) is 1. The molecule has 0 spiro atoms. The van der Waals surface area contributed by atoms with Gasteiger partial charge in [0.1, 0.15) is 13.2 Å². The Morgan fingerprint density at radius 3 is 2.77 bits per heavy atom. The van der Waals surface area contributed by atoms with Crippen LogP contribution in [0.25, 0.3) is 0 Å². The highest BCUT2D eigenvalue weighted by Gasteiger charge is 2.20. The molecule has 2 aromatic carbocycles. The van der Waals surface area contributed by atoms with E-state index in [2.05, 4.69) is 17.4 Å². The normalized spacial score (nSPS) is 14.8. The van der Waals surface area contributed by atoms with E-state index in [1.165, 1.54) is 11.1 Å². The number of carbonyl (C=O) groups is 2. The summed E-state index contributed by atoms with van der Waals surface area (Å²) in [6.07, 6.45) is 2.15. The Labute approximate surface area is 181 Å². The Hall–Kier alpha value is -2.73. The molecule has 1 N–H and O–H groups in total. The van der Waals surface area contributed by atoms with E-state index in [-0.39, 0.29) is 18.2 Å². The van der Waals surface area contributed by atoms with Crippen LogP contribution in [0.15, 0.2) is 36.4 Å². The minimum atomic E-state index is -0.109. The number of ether oxygens (including phenoxy) is 2. The van der Waals surface area contributed by atoms with Crippen LogP contribution in [0.2, 0.25) is 5.02 Å². The fraction of sp³-hybridized carbons (Fsp3) is 0.391. The van der Waals surface area contributed by atoms with E-state index in [0.29, 0.717) is 55.7 Å². The van der Waals surface area contributed by atoms with Gasteiger partial charge in [-0.1, -0.05) is 35.9 Å². The van der Waals surface area contributed by atoms with Crippen molar-refractivity contribution in [3.63, 3.8) is 0 Å². The molecule has 0 saturated heterocycles. The van der Waals surface area contributed by atoms with Crippen LogP contribution < -0.4 is 14.8 Å². The van der Waals surface area contributed by atoms with E-state index >= 15 is 0 Å². The van der Waals surface area contributed by atoms with E-state index in [9.17, 15) is 9.59 Å². The summed E-state index contributed by atoms with van der Waals surface area (Å²) in [4.78, 5) is 26.6. The van der Waals surface area contributed by atoms with Crippen molar-refractivity contribution in [2.24, 2.45) is 0 Å². The van der Waals surface area contributed by atoms with Gasteiger partial charge in [0.2, 0.25) is 11.8 Å². The first-order valence-corrected chi connectivity index (χ1v) is 10.7. The van der Waals surface area contributed by atoms with E-state index in [1.54, 1.807) is 12.1 Å². The first-order valence-electron chi connectivity index (χ1n) is 10.3. The Morgan fingerprint density at radius 2 is 1.90 bits per heavy atom. The maximum atomic E-state index is 12.5. The summed E-state index contributed by atoms with van der Waals surface area (Å²) in [6.45, 7) is 2.83. The van der Waals surface area contributed by atoms with Crippen LogP contribution in [0.1, 0.15) is 29.5 Å². The third kappa shape index (κ3) is 4.87. The zero-order chi connectivity index (χ0) is 20.9. The summed E-state index contributed by atoms with van der Waals surface area (Å²) < 4.78 is 11.0. The number of nitrogens with one attached hydrogen (secondary N) is 1. The number of rotatable bonds is 6. The fourth-order valence-electron chi connectivity index (χ4n) is 3.85. The van der Waals surface area contributed by atoms with Crippen LogP contribution in [-0.4, -0.2) is 43.0 Å². The molecule has 0 saturated carbocycles. The number of carbonyl (C=O) groups excluding carboxylic acids is 2. The summed E-state index contributed by atoms with van der Waals surface area (Å²) in [6, 6.07) is 11.8. The molecule has 2 aliphatic heterocycles. The molecule has 0 fully saturated rings. The zero-order valence-corrected chi connectivity index (χ0v) is 17.5. The molecule has 6 nitrogen and oxygen atoms in total. The third-order valence-electron chi connectivity index (χ3n) is 5.39. The summed E-state index contributed by atoms with van der Waals surface area (Å²) in [7, 11) is 0. The number of hydrogen-bond donors (Lipinski definition) is 1. The molecule has 0 atom stereocenters. The van der Waals surface area contributed by atoms with Gasteiger partial charge in [-0.3, -0.25) is 9.59 Å². The molecular formula is C23H25ClN2O4. The second kappa shape index (κ2) is 9.39. The van der Waals surface area contributed by atoms with Crippen LogP contribution in [0.3, 0.4) is 0 Å². The van der Waals surface area contributed by atoms with E-state index < -0.39 is 0 Å². The lowest BCUT2D eigenvalue weighted by atomic mass is 9.99. The minimum absolute atomic E-state index is 0.109. The number of benzene rings is 2. The van der Waals surface area contributed by atoms with Gasteiger partial charge in [-0.25, -0.2) is 0 Å². The van der Waals surface area contributed by atoms with Gasteiger partial charge >= 0.3 is 0 Å². The van der Waals surface area contributed by atoms with Gasteiger partial charge in [-0.05, 0) is 41.7 Å². The quantitative estimate of drug-likeness (QED) is 0.718. The molecule has 7 heteroatoms. The van der Waals surface area contributed by atoms with Crippen LogP contribution in [-0.2, 0) is 29.0 Å². The van der Waals surface area contributed by atoms with E-state index in [1.807, 2.05) is 17.0 Å². The first kappa shape index (κ1) is 20.5. The van der Waals surface area contributed by atoms with Crippen LogP contribution in [0.5, 0.6) is 11.5 Å². The van der Waals surface area contributed by atoms with Gasteiger partial charge in [0.25, 0.3) is 0 Å². The predicted molar refractivity (Wildman–Crippen MR) is 114 cm³/mol. The smallest absolute Gasteiger partial charge is 0.224 e. The Balaban J connectivity index is 1.20. The van der Waals surface area contributed by atoms with Crippen LogP contribution in [0, 0.1) is 0 Å². The second-order valence-electron chi connectivity index (χ2n) is 7.57. The SMILES string of the molecule is O=C(Cc1cc(Cl)c2c(c1)OCCO2)NCCCC(=O)N1CCc2ccccc2C1. The van der Waals surface area contributed by atoms with Gasteiger partial charge in [0, 0.05) is 26.1 Å². The molecular weight excluding hydrogens is 404 g/mol. The maximum absolute atomic E-state index is 12.5. The molecule has 0 unspecified atom stereocenters. The Bertz CT molecular complexity index is 947. The van der Waals surface area contributed by atoms with Gasteiger partial charge < -0.3 is 19.7 Å². The summed E-state index contributed by atoms with van der Waals surface area (Å²) in [5.74, 6) is 1.13. The molecule has 158 valence electrons. The topological polar surface area (TPSA) is 67.9 Å². The minimum Gasteiger partial charge on any atom is -0.486 e. The molecule has 0 aliphatic carbocycles. The Kier molecular flexibility index (Phi) is 6.43. The number of fused-ring (bicyclic) bond motifs is 2. The molecule has 0 aromatic heterocycles. The van der Waals surface area contributed by atoms with Crippen molar-refractivity contribution >= 4 is 23.4 Å². The monoisotopic (exact) mass is 428 g/mol. The van der Waals surface area contributed by atoms with E-state index in [4.69, 9.17) is 21.1 Å². The fourth-order valence-corrected chi connectivity index (χ4v) is 4.14. The highest BCUT2D eigenvalue weighted by Crippen LogP contribution is 2.38. The second-order valence-corrected chi connectivity index (χ2v) is 7.97. The summed E-state index contributed by atoms with van der Waals surface area (Å²) >= 11 is 6.22. The largest absolute Gasteiger partial charge is 0.486 e. The lowest BCUT2D eigenvalue weighted by Crippen LogP contribution is -2.36. The van der Waals surface area contributed by atoms with Crippen molar-refractivity contribution in [3.8, 4) is 11.5 Å². The molecule has 2 amide bonds. The van der Waals surface area contributed by atoms with Crippen LogP contribution >= 0.6 is 11.6 Å². The average Bonchev–Trinajstić information content (AvgIpc) is 2.76. The third-order valence-corrected chi connectivity index (χ3v) is 5.67. The van der Waals surface area contributed by atoms with Crippen molar-refractivity contribution in [1.82, 2.24) is 10.2 Å². The standard InChI is InChI=1S/C23H25ClN2O4/c24-19-12-16(13-20-23(19)30-11-10-29-20)14-21(27)25-8-3-6-22(28)26-9-7-17-4-1-2-5-18(17)15-26/h1-2,4-5,12-13H,3,6-11,14-15H2,(H,25,27). The number of hydrogen-bond acceptors (Lipinski definition) is 4. The average molecular weight is 429 g/mol. The summed E-state index contributed by atoms with van der Waals surface area (Å²) in [5, 5.41) is 3.33. The number of halogens is 1. The van der Waals surface area contributed by atoms with Crippen molar-refractivity contribution in [1.29, 1.82) is 0 Å². The van der Waals surface area contributed by atoms with Gasteiger partial charge in [-0.15, -0.1) is 0 Å². The van der Waals surface area contributed by atoms with Crippen molar-refractivity contribution in [2.45, 2.75) is 32.2 Å².